The number of likely N-dealkylation sites (tertiary alicyclic amines) is 1. The molecule has 1 aromatic carbocycles. The first-order valence-electron chi connectivity index (χ1n) is 13.2. The summed E-state index contributed by atoms with van der Waals surface area (Å²) in [7, 11) is 0. The second-order valence-electron chi connectivity index (χ2n) is 10.6. The summed E-state index contributed by atoms with van der Waals surface area (Å²) in [4.78, 5) is 46.1. The second kappa shape index (κ2) is 8.88. The number of ether oxygens (including phenoxy) is 1. The number of imide groups is 1. The lowest BCUT2D eigenvalue weighted by atomic mass is 10.0. The fraction of sp³-hybridized carbons (Fsp3) is 0.444. The third-order valence-corrected chi connectivity index (χ3v) is 8.14. The fourth-order valence-electron chi connectivity index (χ4n) is 6.05. The highest BCUT2D eigenvalue weighted by Gasteiger charge is 2.39. The molecule has 0 saturated carbocycles. The molecule has 2 aromatic heterocycles. The van der Waals surface area contributed by atoms with Gasteiger partial charge in [-0.2, -0.15) is 5.10 Å². The van der Waals surface area contributed by atoms with Crippen LogP contribution in [-0.4, -0.2) is 74.6 Å². The fourth-order valence-corrected chi connectivity index (χ4v) is 6.05. The van der Waals surface area contributed by atoms with Gasteiger partial charge in [0.2, 0.25) is 11.8 Å². The summed E-state index contributed by atoms with van der Waals surface area (Å²) in [6, 6.07) is 7.33. The van der Waals surface area contributed by atoms with Crippen LogP contribution < -0.4 is 11.1 Å². The van der Waals surface area contributed by atoms with Crippen LogP contribution in [0.15, 0.2) is 24.3 Å². The number of fused-ring (bicyclic) bond motifs is 2. The van der Waals surface area contributed by atoms with Gasteiger partial charge < -0.3 is 15.4 Å². The van der Waals surface area contributed by atoms with Gasteiger partial charge in [-0.15, -0.1) is 0 Å². The number of benzene rings is 1. The Hall–Kier alpha value is -3.83. The number of anilines is 1. The maximum absolute atomic E-state index is 13.1. The van der Waals surface area contributed by atoms with Crippen LogP contribution in [0.25, 0.3) is 22.3 Å². The number of nitrogens with one attached hydrogen (secondary N) is 1. The Labute approximate surface area is 218 Å². The van der Waals surface area contributed by atoms with E-state index in [-0.39, 0.29) is 24.3 Å². The summed E-state index contributed by atoms with van der Waals surface area (Å²) in [5.74, 6) is -0.494. The van der Waals surface area contributed by atoms with Crippen molar-refractivity contribution in [2.24, 2.45) is 0 Å². The number of piperidine rings is 1. The topological polar surface area (TPSA) is 136 Å². The molecule has 3 amide bonds. The molecule has 3 N–H and O–H groups in total. The van der Waals surface area contributed by atoms with Gasteiger partial charge in [-0.1, -0.05) is 6.07 Å². The molecule has 196 valence electrons. The highest BCUT2D eigenvalue weighted by atomic mass is 16.5. The van der Waals surface area contributed by atoms with Crippen LogP contribution in [0.4, 0.5) is 5.82 Å². The lowest BCUT2D eigenvalue weighted by Gasteiger charge is -2.29. The summed E-state index contributed by atoms with van der Waals surface area (Å²) in [5.41, 5.74) is 12.2. The zero-order valence-electron chi connectivity index (χ0n) is 21.0. The molecule has 3 fully saturated rings. The van der Waals surface area contributed by atoms with Crippen molar-refractivity contribution in [2.75, 3.05) is 32.0 Å². The minimum absolute atomic E-state index is 0.157. The number of carbonyl (C=O) groups excluding carboxylic acids is 3. The molecule has 0 spiro atoms. The molecule has 6 heterocycles. The van der Waals surface area contributed by atoms with Gasteiger partial charge in [-0.05, 0) is 61.7 Å². The van der Waals surface area contributed by atoms with E-state index in [1.54, 1.807) is 4.90 Å². The quantitative estimate of drug-likeness (QED) is 0.489. The average Bonchev–Trinajstić information content (AvgIpc) is 3.57. The molecule has 0 bridgehead atoms. The number of carbonyl (C=O) groups is 3. The van der Waals surface area contributed by atoms with Gasteiger partial charge in [0.1, 0.15) is 11.6 Å². The van der Waals surface area contributed by atoms with E-state index in [9.17, 15) is 14.4 Å². The number of pyridine rings is 1. The van der Waals surface area contributed by atoms with Gasteiger partial charge in [0.05, 0.1) is 30.5 Å². The molecule has 1 atom stereocenters. The van der Waals surface area contributed by atoms with Gasteiger partial charge in [0.15, 0.2) is 5.82 Å². The third-order valence-electron chi connectivity index (χ3n) is 8.14. The lowest BCUT2D eigenvalue weighted by molar-refractivity contribution is -0.136. The van der Waals surface area contributed by atoms with Crippen LogP contribution in [0.5, 0.6) is 0 Å². The molecule has 3 aromatic rings. The normalized spacial score (nSPS) is 22.3. The van der Waals surface area contributed by atoms with Crippen LogP contribution in [-0.2, 0) is 27.4 Å². The molecule has 0 aliphatic carbocycles. The molecule has 11 nitrogen and oxygen atoms in total. The van der Waals surface area contributed by atoms with Crippen molar-refractivity contribution in [1.82, 2.24) is 29.9 Å². The molecule has 3 saturated heterocycles. The standard InChI is InChI=1S/C27H29N7O4/c28-25-23-24(34(31-25)18-13-38-14-18)17(11-32-7-1-2-8-32)10-20(29-23)15-3-4-19-16(9-15)12-33(27(19)37)21-5-6-22(35)30-26(21)36/h3-4,9-10,18,21H,1-2,5-8,11-14H2,(H2,28,31)(H,30,35,36). The van der Waals surface area contributed by atoms with E-state index in [4.69, 9.17) is 15.5 Å². The van der Waals surface area contributed by atoms with Crippen molar-refractivity contribution in [3.63, 3.8) is 0 Å². The van der Waals surface area contributed by atoms with Gasteiger partial charge in [0, 0.05) is 30.6 Å². The van der Waals surface area contributed by atoms with Crippen molar-refractivity contribution in [3.8, 4) is 11.3 Å². The Morgan fingerprint density at radius 2 is 1.92 bits per heavy atom. The Kier molecular flexibility index (Phi) is 5.45. The van der Waals surface area contributed by atoms with Crippen molar-refractivity contribution in [1.29, 1.82) is 0 Å². The SMILES string of the molecule is Nc1nn(C2COC2)c2c(CN3CCCC3)cc(-c3ccc4c(c3)CN(C3CCC(=O)NC3=O)C4=O)nc12. The Bertz CT molecular complexity index is 1490. The number of rotatable bonds is 5. The van der Waals surface area contributed by atoms with E-state index < -0.39 is 11.9 Å². The van der Waals surface area contributed by atoms with E-state index in [2.05, 4.69) is 21.4 Å². The average molecular weight is 516 g/mol. The monoisotopic (exact) mass is 515 g/mol. The lowest BCUT2D eigenvalue weighted by Crippen LogP contribution is -2.52. The van der Waals surface area contributed by atoms with E-state index in [1.165, 1.54) is 12.8 Å². The summed E-state index contributed by atoms with van der Waals surface area (Å²) in [6.45, 7) is 4.46. The van der Waals surface area contributed by atoms with E-state index >= 15 is 0 Å². The van der Waals surface area contributed by atoms with Crippen LogP contribution in [0.3, 0.4) is 0 Å². The second-order valence-corrected chi connectivity index (χ2v) is 10.6. The minimum atomic E-state index is -0.640. The highest BCUT2D eigenvalue weighted by molar-refractivity contribution is 6.05. The highest BCUT2D eigenvalue weighted by Crippen LogP contribution is 2.35. The van der Waals surface area contributed by atoms with Gasteiger partial charge >= 0.3 is 0 Å². The zero-order valence-corrected chi connectivity index (χ0v) is 21.0. The number of hydrogen-bond acceptors (Lipinski definition) is 8. The van der Waals surface area contributed by atoms with Gasteiger partial charge in [-0.25, -0.2) is 4.98 Å². The number of nitrogens with zero attached hydrogens (tertiary/aromatic N) is 5. The van der Waals surface area contributed by atoms with Crippen molar-refractivity contribution < 1.29 is 19.1 Å². The summed E-state index contributed by atoms with van der Waals surface area (Å²) in [6.07, 6.45) is 2.96. The largest absolute Gasteiger partial charge is 0.380 e. The Balaban J connectivity index is 1.26. The predicted octanol–water partition coefficient (Wildman–Crippen LogP) is 1.61. The first-order valence-corrected chi connectivity index (χ1v) is 13.2. The molecule has 4 aliphatic heterocycles. The third kappa shape index (κ3) is 3.76. The predicted molar refractivity (Wildman–Crippen MR) is 138 cm³/mol. The summed E-state index contributed by atoms with van der Waals surface area (Å²) < 4.78 is 7.41. The molecule has 11 heteroatoms. The van der Waals surface area contributed by atoms with E-state index in [0.717, 1.165) is 47.5 Å². The Morgan fingerprint density at radius 3 is 2.66 bits per heavy atom. The molecule has 7 rings (SSSR count). The molecule has 4 aliphatic rings. The van der Waals surface area contributed by atoms with Gasteiger partial charge in [-0.3, -0.25) is 29.3 Å². The maximum atomic E-state index is 13.1. The molecule has 38 heavy (non-hydrogen) atoms. The number of amides is 3. The van der Waals surface area contributed by atoms with Crippen molar-refractivity contribution in [3.05, 3.63) is 41.0 Å². The van der Waals surface area contributed by atoms with Crippen LogP contribution in [0.1, 0.15) is 53.2 Å². The molecular formula is C27H29N7O4. The number of hydrogen-bond donors (Lipinski definition) is 2. The Morgan fingerprint density at radius 1 is 1.11 bits per heavy atom. The minimum Gasteiger partial charge on any atom is -0.380 e. The summed E-state index contributed by atoms with van der Waals surface area (Å²) >= 11 is 0. The molecule has 0 radical (unpaired) electrons. The number of nitrogens with two attached hydrogens (primary N) is 1. The molecule has 1 unspecified atom stereocenters. The molecular weight excluding hydrogens is 486 g/mol. The van der Waals surface area contributed by atoms with Crippen molar-refractivity contribution >= 4 is 34.6 Å². The zero-order chi connectivity index (χ0) is 26.0. The van der Waals surface area contributed by atoms with Crippen LogP contribution in [0, 0.1) is 0 Å². The van der Waals surface area contributed by atoms with E-state index in [1.807, 2.05) is 22.9 Å². The number of nitrogen functional groups attached to an aromatic ring is 1. The number of aromatic nitrogens is 3. The first kappa shape index (κ1) is 23.3. The maximum Gasteiger partial charge on any atom is 0.255 e. The summed E-state index contributed by atoms with van der Waals surface area (Å²) in [5, 5.41) is 7.00. The van der Waals surface area contributed by atoms with Gasteiger partial charge in [0.25, 0.3) is 5.91 Å². The van der Waals surface area contributed by atoms with E-state index in [0.29, 0.717) is 43.1 Å². The van der Waals surface area contributed by atoms with Crippen LogP contribution in [0.2, 0.25) is 0 Å². The van der Waals surface area contributed by atoms with Crippen LogP contribution >= 0.6 is 0 Å². The smallest absolute Gasteiger partial charge is 0.255 e. The van der Waals surface area contributed by atoms with Crippen molar-refractivity contribution in [2.45, 2.75) is 50.9 Å². The first-order chi connectivity index (χ1) is 18.5.